The molecule has 8 nitrogen and oxygen atoms in total. The van der Waals surface area contributed by atoms with Crippen molar-refractivity contribution in [2.45, 2.75) is 26.0 Å². The maximum absolute atomic E-state index is 13.8. The third-order valence-electron chi connectivity index (χ3n) is 4.30. The Morgan fingerprint density at radius 3 is 2.89 bits per heavy atom. The van der Waals surface area contributed by atoms with Crippen molar-refractivity contribution in [3.8, 4) is 5.75 Å². The SMILES string of the molecule is C[C@H]1COC(=O)c2c[nH]n3c(=O)cc(nc23)N[C@H](C)c2cc(F)ccc2O1. The number of cyclic esters (lactones) is 1. The number of aromatic amines is 1. The molecule has 1 aromatic carbocycles. The molecule has 140 valence electrons. The number of fused-ring (bicyclic) bond motifs is 2. The van der Waals surface area contributed by atoms with Gasteiger partial charge in [0.05, 0.1) is 6.04 Å². The summed E-state index contributed by atoms with van der Waals surface area (Å²) in [6.45, 7) is 3.53. The summed E-state index contributed by atoms with van der Waals surface area (Å²) in [6, 6.07) is 5.06. The average Bonchev–Trinajstić information content (AvgIpc) is 3.05. The Balaban J connectivity index is 1.86. The van der Waals surface area contributed by atoms with Gasteiger partial charge in [-0.3, -0.25) is 9.89 Å². The number of rotatable bonds is 0. The van der Waals surface area contributed by atoms with Crippen LogP contribution in [-0.4, -0.2) is 33.3 Å². The van der Waals surface area contributed by atoms with E-state index in [2.05, 4.69) is 15.4 Å². The van der Waals surface area contributed by atoms with Crippen LogP contribution in [0.4, 0.5) is 10.2 Å². The smallest absolute Gasteiger partial charge is 0.343 e. The van der Waals surface area contributed by atoms with E-state index in [9.17, 15) is 14.0 Å². The summed E-state index contributed by atoms with van der Waals surface area (Å²) < 4.78 is 26.1. The fraction of sp³-hybridized carbons (Fsp3) is 0.278. The first kappa shape index (κ1) is 17.1. The van der Waals surface area contributed by atoms with E-state index >= 15 is 0 Å². The summed E-state index contributed by atoms with van der Waals surface area (Å²) in [5.74, 6) is -0.327. The number of nitrogens with one attached hydrogen (secondary N) is 2. The first-order valence-electron chi connectivity index (χ1n) is 8.43. The van der Waals surface area contributed by atoms with Gasteiger partial charge in [-0.25, -0.2) is 18.7 Å². The molecule has 2 atom stereocenters. The first-order valence-corrected chi connectivity index (χ1v) is 8.43. The second-order valence-electron chi connectivity index (χ2n) is 6.40. The van der Waals surface area contributed by atoms with E-state index in [1.165, 1.54) is 30.5 Å². The zero-order chi connectivity index (χ0) is 19.1. The number of aromatic nitrogens is 3. The molecule has 3 aromatic rings. The fourth-order valence-corrected chi connectivity index (χ4v) is 2.99. The zero-order valence-corrected chi connectivity index (χ0v) is 14.7. The number of halogens is 1. The molecule has 2 bridgehead atoms. The number of benzene rings is 1. The number of hydrogen-bond donors (Lipinski definition) is 2. The highest BCUT2D eigenvalue weighted by atomic mass is 19.1. The molecule has 0 amide bonds. The highest BCUT2D eigenvalue weighted by Crippen LogP contribution is 2.29. The van der Waals surface area contributed by atoms with Crippen LogP contribution in [0.5, 0.6) is 5.75 Å². The van der Waals surface area contributed by atoms with Crippen molar-refractivity contribution in [2.75, 3.05) is 11.9 Å². The maximum atomic E-state index is 13.8. The number of hydrogen-bond acceptors (Lipinski definition) is 6. The van der Waals surface area contributed by atoms with Crippen LogP contribution < -0.4 is 15.6 Å². The summed E-state index contributed by atoms with van der Waals surface area (Å²) in [6.07, 6.45) is 0.911. The van der Waals surface area contributed by atoms with Gasteiger partial charge in [0, 0.05) is 17.8 Å². The van der Waals surface area contributed by atoms with Gasteiger partial charge in [-0.1, -0.05) is 0 Å². The molecule has 0 aliphatic carbocycles. The molecule has 0 unspecified atom stereocenters. The second-order valence-corrected chi connectivity index (χ2v) is 6.40. The molecule has 0 radical (unpaired) electrons. The van der Waals surface area contributed by atoms with Crippen molar-refractivity contribution in [3.63, 3.8) is 0 Å². The molecular formula is C18H17FN4O4. The predicted octanol–water partition coefficient (Wildman–Crippen LogP) is 2.27. The van der Waals surface area contributed by atoms with Crippen LogP contribution in [0.1, 0.15) is 35.8 Å². The van der Waals surface area contributed by atoms with Gasteiger partial charge in [0.15, 0.2) is 5.65 Å². The molecule has 1 aliphatic rings. The quantitative estimate of drug-likeness (QED) is 0.588. The highest BCUT2D eigenvalue weighted by Gasteiger charge is 2.22. The third-order valence-corrected chi connectivity index (χ3v) is 4.30. The normalized spacial score (nSPS) is 19.9. The molecule has 3 heterocycles. The molecular weight excluding hydrogens is 355 g/mol. The van der Waals surface area contributed by atoms with Gasteiger partial charge in [-0.05, 0) is 32.0 Å². The lowest BCUT2D eigenvalue weighted by Gasteiger charge is -2.21. The number of carbonyl (C=O) groups excluding carboxylic acids is 1. The minimum Gasteiger partial charge on any atom is -0.487 e. The number of anilines is 1. The van der Waals surface area contributed by atoms with Crippen molar-refractivity contribution < 1.29 is 18.7 Å². The van der Waals surface area contributed by atoms with Crippen molar-refractivity contribution in [2.24, 2.45) is 0 Å². The monoisotopic (exact) mass is 372 g/mol. The summed E-state index contributed by atoms with van der Waals surface area (Å²) in [5, 5.41) is 5.76. The maximum Gasteiger partial charge on any atom is 0.343 e. The van der Waals surface area contributed by atoms with Crippen molar-refractivity contribution in [1.82, 2.24) is 14.6 Å². The highest BCUT2D eigenvalue weighted by molar-refractivity contribution is 5.95. The lowest BCUT2D eigenvalue weighted by Crippen LogP contribution is -2.22. The van der Waals surface area contributed by atoms with Gasteiger partial charge in [0.25, 0.3) is 5.56 Å². The fourth-order valence-electron chi connectivity index (χ4n) is 2.99. The molecule has 2 N–H and O–H groups in total. The summed E-state index contributed by atoms with van der Waals surface area (Å²) >= 11 is 0. The van der Waals surface area contributed by atoms with Gasteiger partial charge < -0.3 is 14.8 Å². The average molecular weight is 372 g/mol. The van der Waals surface area contributed by atoms with Crippen LogP contribution in [0.2, 0.25) is 0 Å². The lowest BCUT2D eigenvalue weighted by molar-refractivity contribution is 0.0341. The standard InChI is InChI=1S/C18H17FN4O4/c1-9-8-26-18(25)13-7-20-23-16(24)6-15(22-17(13)23)21-10(2)12-5-11(19)3-4-14(12)27-9/h3-7,9-10,20-21H,8H2,1-2H3/t9-,10+/m0/s1. The van der Waals surface area contributed by atoms with E-state index < -0.39 is 29.5 Å². The molecule has 0 saturated heterocycles. The van der Waals surface area contributed by atoms with Crippen molar-refractivity contribution in [3.05, 3.63) is 57.8 Å². The van der Waals surface area contributed by atoms with Gasteiger partial charge in [-0.15, -0.1) is 0 Å². The van der Waals surface area contributed by atoms with Crippen LogP contribution in [-0.2, 0) is 4.74 Å². The molecule has 0 fully saturated rings. The molecule has 27 heavy (non-hydrogen) atoms. The lowest BCUT2D eigenvalue weighted by atomic mass is 10.1. The number of nitrogens with zero attached hydrogens (tertiary/aromatic N) is 2. The van der Waals surface area contributed by atoms with Crippen LogP contribution in [0.15, 0.2) is 35.3 Å². The molecule has 0 spiro atoms. The predicted molar refractivity (Wildman–Crippen MR) is 94.6 cm³/mol. The van der Waals surface area contributed by atoms with Crippen LogP contribution in [0, 0.1) is 5.82 Å². The number of esters is 1. The number of ether oxygens (including phenoxy) is 2. The van der Waals surface area contributed by atoms with Gasteiger partial charge in [0.2, 0.25) is 0 Å². The van der Waals surface area contributed by atoms with E-state index in [1.807, 2.05) is 0 Å². The summed E-state index contributed by atoms with van der Waals surface area (Å²) in [5.41, 5.74) is 0.448. The topological polar surface area (TPSA) is 97.7 Å². The Morgan fingerprint density at radius 2 is 2.07 bits per heavy atom. The van der Waals surface area contributed by atoms with Crippen LogP contribution in [0.3, 0.4) is 0 Å². The Kier molecular flexibility index (Phi) is 4.06. The van der Waals surface area contributed by atoms with E-state index in [0.29, 0.717) is 11.3 Å². The molecule has 4 rings (SSSR count). The Bertz CT molecular complexity index is 1090. The zero-order valence-electron chi connectivity index (χ0n) is 14.7. The van der Waals surface area contributed by atoms with Crippen LogP contribution >= 0.6 is 0 Å². The van der Waals surface area contributed by atoms with Gasteiger partial charge >= 0.3 is 5.97 Å². The molecule has 2 aromatic heterocycles. The Hall–Kier alpha value is -3.36. The summed E-state index contributed by atoms with van der Waals surface area (Å²) in [7, 11) is 0. The summed E-state index contributed by atoms with van der Waals surface area (Å²) in [4.78, 5) is 29.0. The van der Waals surface area contributed by atoms with Crippen LogP contribution in [0.25, 0.3) is 5.65 Å². The largest absolute Gasteiger partial charge is 0.487 e. The van der Waals surface area contributed by atoms with Gasteiger partial charge in [0.1, 0.15) is 35.7 Å². The van der Waals surface area contributed by atoms with E-state index in [4.69, 9.17) is 9.47 Å². The molecule has 1 aliphatic heterocycles. The minimum absolute atomic E-state index is 0.0152. The van der Waals surface area contributed by atoms with Gasteiger partial charge in [-0.2, -0.15) is 0 Å². The van der Waals surface area contributed by atoms with E-state index in [-0.39, 0.29) is 23.6 Å². The Labute approximate surface area is 152 Å². The second kappa shape index (κ2) is 6.42. The third kappa shape index (κ3) is 3.12. The number of H-pyrrole nitrogens is 1. The minimum atomic E-state index is -0.625. The first-order chi connectivity index (χ1) is 12.9. The number of carbonyl (C=O) groups is 1. The Morgan fingerprint density at radius 1 is 1.26 bits per heavy atom. The van der Waals surface area contributed by atoms with E-state index in [1.54, 1.807) is 13.8 Å². The molecule has 0 saturated carbocycles. The molecule has 9 heteroatoms. The van der Waals surface area contributed by atoms with Crippen molar-refractivity contribution in [1.29, 1.82) is 0 Å². The van der Waals surface area contributed by atoms with E-state index in [0.717, 1.165) is 4.52 Å². The van der Waals surface area contributed by atoms with Crippen molar-refractivity contribution >= 4 is 17.4 Å².